The highest BCUT2D eigenvalue weighted by atomic mass is 35.5. The van der Waals surface area contributed by atoms with E-state index in [1.165, 1.54) is 4.90 Å². The lowest BCUT2D eigenvalue weighted by Crippen LogP contribution is -2.29. The van der Waals surface area contributed by atoms with Crippen LogP contribution < -0.4 is 15.4 Å². The summed E-state index contributed by atoms with van der Waals surface area (Å²) in [5.41, 5.74) is 1.61. The van der Waals surface area contributed by atoms with E-state index in [0.717, 1.165) is 5.56 Å². The van der Waals surface area contributed by atoms with Gasteiger partial charge in [0.15, 0.2) is 0 Å². The molecule has 0 atom stereocenters. The summed E-state index contributed by atoms with van der Waals surface area (Å²) in [7, 11) is 1.65. The van der Waals surface area contributed by atoms with Crippen molar-refractivity contribution in [2.24, 2.45) is 4.99 Å². The molecule has 3 aromatic carbocycles. The van der Waals surface area contributed by atoms with E-state index in [0.29, 0.717) is 27.9 Å². The number of rotatable bonds is 4. The second-order valence-electron chi connectivity index (χ2n) is 6.91. The Bertz CT molecular complexity index is 1220. The van der Waals surface area contributed by atoms with Crippen molar-refractivity contribution in [2.75, 3.05) is 12.4 Å². The fourth-order valence-electron chi connectivity index (χ4n) is 3.05. The highest BCUT2D eigenvalue weighted by Gasteiger charge is 2.29. The van der Waals surface area contributed by atoms with Crippen LogP contribution in [0.1, 0.15) is 5.56 Å². The first kappa shape index (κ1) is 21.1. The minimum atomic E-state index is -0.631. The van der Waals surface area contributed by atoms with Crippen LogP contribution in [0.2, 0.25) is 5.02 Å². The Kier molecular flexibility index (Phi) is 6.19. The molecule has 2 N–H and O–H groups in total. The van der Waals surface area contributed by atoms with Gasteiger partial charge in [-0.05, 0) is 54.1 Å². The van der Waals surface area contributed by atoms with Gasteiger partial charge in [0, 0.05) is 17.8 Å². The topological polar surface area (TPSA) is 83.0 Å². The standard InChI is InChI=1S/C24H19ClN4O3/c1-29-21(14-16-7-5-12-20(13-16)32-19-10-3-2-4-11-19)22(30)27-23(29)28-24(31)26-18-9-6-8-17(25)15-18/h2-15H,1H3,(H2,26,27,28,30,31). The zero-order valence-corrected chi connectivity index (χ0v) is 17.8. The lowest BCUT2D eigenvalue weighted by Gasteiger charge is -2.11. The predicted molar refractivity (Wildman–Crippen MR) is 125 cm³/mol. The van der Waals surface area contributed by atoms with Crippen LogP contribution in [0.3, 0.4) is 0 Å². The fourth-order valence-corrected chi connectivity index (χ4v) is 3.24. The van der Waals surface area contributed by atoms with E-state index in [1.807, 2.05) is 54.6 Å². The number of guanidine groups is 1. The van der Waals surface area contributed by atoms with E-state index >= 15 is 0 Å². The van der Waals surface area contributed by atoms with Gasteiger partial charge < -0.3 is 15.0 Å². The van der Waals surface area contributed by atoms with Crippen LogP contribution in [0, 0.1) is 0 Å². The van der Waals surface area contributed by atoms with E-state index in [4.69, 9.17) is 16.3 Å². The van der Waals surface area contributed by atoms with Crippen LogP contribution in [-0.4, -0.2) is 29.8 Å². The predicted octanol–water partition coefficient (Wildman–Crippen LogP) is 5.12. The van der Waals surface area contributed by atoms with Gasteiger partial charge in [-0.15, -0.1) is 0 Å². The Morgan fingerprint density at radius 3 is 2.56 bits per heavy atom. The van der Waals surface area contributed by atoms with Gasteiger partial charge in [0.2, 0.25) is 5.96 Å². The molecule has 1 fully saturated rings. The van der Waals surface area contributed by atoms with Gasteiger partial charge in [-0.25, -0.2) is 4.79 Å². The van der Waals surface area contributed by atoms with Gasteiger partial charge in [0.1, 0.15) is 17.2 Å². The van der Waals surface area contributed by atoms with Gasteiger partial charge in [-0.3, -0.25) is 10.1 Å². The lowest BCUT2D eigenvalue weighted by atomic mass is 10.1. The molecular weight excluding hydrogens is 428 g/mol. The van der Waals surface area contributed by atoms with Gasteiger partial charge in [0.25, 0.3) is 5.91 Å². The second-order valence-corrected chi connectivity index (χ2v) is 7.34. The molecule has 1 aliphatic rings. The molecule has 1 heterocycles. The normalized spacial score (nSPS) is 15.7. The smallest absolute Gasteiger partial charge is 0.348 e. The van der Waals surface area contributed by atoms with E-state index in [-0.39, 0.29) is 11.9 Å². The first-order valence-corrected chi connectivity index (χ1v) is 10.1. The number of amides is 3. The largest absolute Gasteiger partial charge is 0.457 e. The molecule has 0 radical (unpaired) electrons. The molecule has 1 aliphatic heterocycles. The number of para-hydroxylation sites is 1. The van der Waals surface area contributed by atoms with Crippen molar-refractivity contribution >= 4 is 41.3 Å². The van der Waals surface area contributed by atoms with E-state index in [1.54, 1.807) is 37.4 Å². The molecule has 4 rings (SSSR count). The summed E-state index contributed by atoms with van der Waals surface area (Å²) >= 11 is 5.92. The Morgan fingerprint density at radius 1 is 1.03 bits per heavy atom. The Balaban J connectivity index is 1.50. The van der Waals surface area contributed by atoms with E-state index in [2.05, 4.69) is 15.6 Å². The summed E-state index contributed by atoms with van der Waals surface area (Å²) < 4.78 is 5.85. The first-order chi connectivity index (χ1) is 15.5. The summed E-state index contributed by atoms with van der Waals surface area (Å²) in [5, 5.41) is 5.71. The molecule has 1 saturated heterocycles. The van der Waals surface area contributed by atoms with Crippen molar-refractivity contribution < 1.29 is 14.3 Å². The Hall–Kier alpha value is -4.10. The van der Waals surface area contributed by atoms with Crippen LogP contribution in [-0.2, 0) is 4.79 Å². The number of urea groups is 1. The minimum Gasteiger partial charge on any atom is -0.457 e. The van der Waals surface area contributed by atoms with E-state index in [9.17, 15) is 9.59 Å². The summed E-state index contributed by atoms with van der Waals surface area (Å²) in [6, 6.07) is 22.8. The average molecular weight is 447 g/mol. The number of hydrogen-bond acceptors (Lipinski definition) is 3. The number of anilines is 1. The first-order valence-electron chi connectivity index (χ1n) is 9.73. The maximum Gasteiger partial charge on any atom is 0.348 e. The molecular formula is C24H19ClN4O3. The monoisotopic (exact) mass is 446 g/mol. The number of carbonyl (C=O) groups excluding carboxylic acids is 2. The lowest BCUT2D eigenvalue weighted by molar-refractivity contribution is -0.115. The number of nitrogens with one attached hydrogen (secondary N) is 2. The van der Waals surface area contributed by atoms with Crippen molar-refractivity contribution in [3.8, 4) is 11.5 Å². The number of likely N-dealkylation sites (N-methyl/N-ethyl adjacent to an activating group) is 1. The number of benzene rings is 3. The molecule has 3 amide bonds. The van der Waals surface area contributed by atoms with Crippen LogP contribution in [0.4, 0.5) is 10.5 Å². The highest BCUT2D eigenvalue weighted by molar-refractivity contribution is 6.31. The zero-order chi connectivity index (χ0) is 22.5. The van der Waals surface area contributed by atoms with Gasteiger partial charge in [-0.1, -0.05) is 48.0 Å². The highest BCUT2D eigenvalue weighted by Crippen LogP contribution is 2.24. The quantitative estimate of drug-likeness (QED) is 0.545. The van der Waals surface area contributed by atoms with Crippen LogP contribution >= 0.6 is 11.6 Å². The molecule has 0 spiro atoms. The maximum atomic E-state index is 12.5. The number of nitrogens with zero attached hydrogens (tertiary/aromatic N) is 2. The van der Waals surface area contributed by atoms with E-state index < -0.39 is 6.03 Å². The number of carbonyl (C=O) groups is 2. The molecule has 160 valence electrons. The summed E-state index contributed by atoms with van der Waals surface area (Å²) in [5.74, 6) is 1.11. The van der Waals surface area contributed by atoms with Crippen molar-refractivity contribution in [2.45, 2.75) is 0 Å². The van der Waals surface area contributed by atoms with Crippen LogP contribution in [0.15, 0.2) is 89.6 Å². The van der Waals surface area contributed by atoms with Gasteiger partial charge in [0.05, 0.1) is 0 Å². The van der Waals surface area contributed by atoms with Crippen molar-refractivity contribution in [1.82, 2.24) is 10.2 Å². The van der Waals surface area contributed by atoms with Crippen molar-refractivity contribution in [3.63, 3.8) is 0 Å². The SMILES string of the molecule is CN1C(=Cc2cccc(Oc3ccccc3)c2)C(=O)NC1=NC(=O)Nc1cccc(Cl)c1. The number of aliphatic imine (C=N–C) groups is 1. The third-order valence-electron chi connectivity index (χ3n) is 4.56. The zero-order valence-electron chi connectivity index (χ0n) is 17.1. The number of ether oxygens (including phenoxy) is 1. The molecule has 7 nitrogen and oxygen atoms in total. The second kappa shape index (κ2) is 9.36. The molecule has 8 heteroatoms. The number of halogens is 1. The summed E-state index contributed by atoms with van der Waals surface area (Å²) in [4.78, 5) is 30.2. The fraction of sp³-hybridized carbons (Fsp3) is 0.0417. The molecule has 0 unspecified atom stereocenters. The maximum absolute atomic E-state index is 12.5. The van der Waals surface area contributed by atoms with Crippen LogP contribution in [0.5, 0.6) is 11.5 Å². The molecule has 3 aromatic rings. The molecule has 0 aliphatic carbocycles. The molecule has 0 aromatic heterocycles. The average Bonchev–Trinajstić information content (AvgIpc) is 3.02. The van der Waals surface area contributed by atoms with Gasteiger partial charge >= 0.3 is 6.03 Å². The third-order valence-corrected chi connectivity index (χ3v) is 4.80. The Labute approximate surface area is 190 Å². The molecule has 32 heavy (non-hydrogen) atoms. The summed E-state index contributed by atoms with van der Waals surface area (Å²) in [6.45, 7) is 0. The third kappa shape index (κ3) is 5.14. The summed E-state index contributed by atoms with van der Waals surface area (Å²) in [6.07, 6.45) is 1.70. The molecule has 0 bridgehead atoms. The van der Waals surface area contributed by atoms with Crippen LogP contribution in [0.25, 0.3) is 6.08 Å². The minimum absolute atomic E-state index is 0.123. The van der Waals surface area contributed by atoms with Gasteiger partial charge in [-0.2, -0.15) is 4.99 Å². The Morgan fingerprint density at radius 2 is 1.78 bits per heavy atom. The number of hydrogen-bond donors (Lipinski definition) is 2. The molecule has 0 saturated carbocycles. The van der Waals surface area contributed by atoms with Crippen molar-refractivity contribution in [1.29, 1.82) is 0 Å². The van der Waals surface area contributed by atoms with Crippen molar-refractivity contribution in [3.05, 3.63) is 95.1 Å².